The fraction of sp³-hybridized carbons (Fsp3) is 0.423. The molecule has 4 amide bonds. The Balaban J connectivity index is 0.00000223. The summed E-state index contributed by atoms with van der Waals surface area (Å²) >= 11 is 1.56. The fourth-order valence-corrected chi connectivity index (χ4v) is 10.8. The van der Waals surface area contributed by atoms with Crippen molar-refractivity contribution in [2.45, 2.75) is 96.6 Å². The van der Waals surface area contributed by atoms with Gasteiger partial charge in [-0.2, -0.15) is 54.0 Å². The lowest BCUT2D eigenvalue weighted by Gasteiger charge is -2.30. The van der Waals surface area contributed by atoms with Crippen LogP contribution in [-0.2, 0) is 19.1 Å². The van der Waals surface area contributed by atoms with E-state index in [2.05, 4.69) is 32.4 Å². The first-order valence-corrected chi connectivity index (χ1v) is 24.8. The molecule has 2 aromatic carbocycles. The molecule has 6 aromatic rings. The van der Waals surface area contributed by atoms with Crippen molar-refractivity contribution in [3.8, 4) is 51.4 Å². The Labute approximate surface area is 461 Å². The predicted octanol–water partition coefficient (Wildman–Crippen LogP) is 9.53. The van der Waals surface area contributed by atoms with Gasteiger partial charge in [0.15, 0.2) is 0 Å². The van der Waals surface area contributed by atoms with E-state index in [1.54, 1.807) is 33.5 Å². The smallest absolute Gasteiger partial charge is 0.407 e. The third-order valence-electron chi connectivity index (χ3n) is 13.8. The maximum Gasteiger partial charge on any atom is 0.407 e. The van der Waals surface area contributed by atoms with Crippen molar-refractivity contribution < 1.29 is 37.8 Å². The average Bonchev–Trinajstić information content (AvgIpc) is 4.08. The number of hydrogen-bond donors (Lipinski definition) is 4. The van der Waals surface area contributed by atoms with Crippen LogP contribution in [0.4, 0.5) is 14.0 Å². The number of imidazole rings is 2. The number of fused-ring (bicyclic) bond motifs is 5. The molecule has 4 aliphatic rings. The molecule has 2 saturated heterocycles. The zero-order valence-corrected chi connectivity index (χ0v) is 46.7. The first-order chi connectivity index (χ1) is 33.8. The minimum absolute atomic E-state index is 0. The molecule has 4 aromatic heterocycles. The number of likely N-dealkylation sites (tertiary alicyclic amines) is 2. The first-order valence-electron chi connectivity index (χ1n) is 24.0. The normalized spacial score (nSPS) is 18.3. The van der Waals surface area contributed by atoms with E-state index in [9.17, 15) is 19.2 Å². The van der Waals surface area contributed by atoms with Gasteiger partial charge in [-0.15, -0.1) is 11.3 Å². The molecule has 22 heteroatoms. The number of rotatable bonds is 11. The van der Waals surface area contributed by atoms with Gasteiger partial charge in [0.25, 0.3) is 0 Å². The van der Waals surface area contributed by atoms with Crippen molar-refractivity contribution in [3.63, 3.8) is 0 Å². The summed E-state index contributed by atoms with van der Waals surface area (Å²) in [5, 5.41) is 6.26. The predicted molar refractivity (Wildman–Crippen MR) is 302 cm³/mol. The van der Waals surface area contributed by atoms with Gasteiger partial charge in [0.1, 0.15) is 35.3 Å². The Morgan fingerprint density at radius 1 is 0.757 bits per heavy atom. The third-order valence-corrected chi connectivity index (χ3v) is 14.8. The van der Waals surface area contributed by atoms with Gasteiger partial charge < -0.3 is 44.6 Å². The highest BCUT2D eigenvalue weighted by atomic mass is 32.1. The van der Waals surface area contributed by atoms with Gasteiger partial charge in [0.05, 0.1) is 76.6 Å². The summed E-state index contributed by atoms with van der Waals surface area (Å²) in [7, 11) is 2.55. The molecule has 4 N–H and O–H groups in total. The van der Waals surface area contributed by atoms with Crippen LogP contribution in [-0.4, -0.2) is 97.7 Å². The zero-order valence-electron chi connectivity index (χ0n) is 41.9. The molecule has 74 heavy (non-hydrogen) atoms. The molecule has 0 radical (unpaired) electrons. The molecule has 16 nitrogen and oxygen atoms in total. The van der Waals surface area contributed by atoms with E-state index >= 15 is 4.39 Å². The van der Waals surface area contributed by atoms with E-state index in [1.807, 2.05) is 74.7 Å². The number of carbonyl (C=O) groups excluding carboxylic acids is 4. The molecule has 3 aliphatic heterocycles. The molecular weight excluding hydrogens is 1040 g/mol. The molecule has 396 valence electrons. The summed E-state index contributed by atoms with van der Waals surface area (Å²) < 4.78 is 35.5. The van der Waals surface area contributed by atoms with E-state index < -0.39 is 36.3 Å². The number of benzene rings is 2. The van der Waals surface area contributed by atoms with Crippen LogP contribution >= 0.6 is 65.3 Å². The van der Waals surface area contributed by atoms with Crippen LogP contribution in [0.25, 0.3) is 44.7 Å². The van der Waals surface area contributed by atoms with Gasteiger partial charge >= 0.3 is 12.2 Å². The lowest BCUT2D eigenvalue weighted by Crippen LogP contribution is -2.51. The number of methoxy groups -OCH3 is 2. The Kier molecular flexibility index (Phi) is 18.6. The highest BCUT2D eigenvalue weighted by Crippen LogP contribution is 2.48. The molecule has 0 spiro atoms. The summed E-state index contributed by atoms with van der Waals surface area (Å²) in [6.45, 7) is 8.55. The quantitative estimate of drug-likeness (QED) is 0.0917. The zero-order chi connectivity index (χ0) is 49.0. The lowest BCUT2D eigenvalue weighted by atomic mass is 10.0. The topological polar surface area (TPSA) is 189 Å². The molecular formula is C52H64FN9O7S5. The van der Waals surface area contributed by atoms with Crippen LogP contribution < -0.4 is 15.4 Å². The Hall–Kier alpha value is -5.73. The Morgan fingerprint density at radius 3 is 1.86 bits per heavy atom. The number of carbonyl (C=O) groups is 4. The highest BCUT2D eigenvalue weighted by Gasteiger charge is 2.40. The highest BCUT2D eigenvalue weighted by molar-refractivity contribution is 7.59. The van der Waals surface area contributed by atoms with Crippen molar-refractivity contribution in [1.82, 2.24) is 44.9 Å². The van der Waals surface area contributed by atoms with Gasteiger partial charge in [-0.25, -0.2) is 23.9 Å². The number of aromatic amines is 2. The van der Waals surface area contributed by atoms with Crippen LogP contribution in [0, 0.1) is 35.4 Å². The number of ether oxygens (including phenoxy) is 3. The van der Waals surface area contributed by atoms with E-state index in [-0.39, 0.29) is 89.7 Å². The lowest BCUT2D eigenvalue weighted by molar-refractivity contribution is -0.136. The van der Waals surface area contributed by atoms with Gasteiger partial charge in [0.2, 0.25) is 18.0 Å². The van der Waals surface area contributed by atoms with E-state index in [4.69, 9.17) is 24.2 Å². The van der Waals surface area contributed by atoms with Gasteiger partial charge in [0, 0.05) is 35.5 Å². The average molecular weight is 1110 g/mol. The molecule has 10 rings (SSSR count). The second-order valence-electron chi connectivity index (χ2n) is 19.2. The molecule has 1 unspecified atom stereocenters. The van der Waals surface area contributed by atoms with Gasteiger partial charge in [-0.05, 0) is 92.8 Å². The van der Waals surface area contributed by atoms with Crippen LogP contribution in [0.1, 0.15) is 106 Å². The van der Waals surface area contributed by atoms with Crippen molar-refractivity contribution in [2.24, 2.45) is 17.8 Å². The number of nitrogens with zero attached hydrogens (tertiary/aromatic N) is 5. The second kappa shape index (κ2) is 23.9. The number of H-pyrrole nitrogens is 2. The third kappa shape index (κ3) is 11.3. The monoisotopic (exact) mass is 1110 g/mol. The number of nitrogens with one attached hydrogen (secondary N) is 4. The van der Waals surface area contributed by atoms with Crippen molar-refractivity contribution in [3.05, 3.63) is 88.1 Å². The number of amides is 4. The van der Waals surface area contributed by atoms with Gasteiger partial charge in [-0.3, -0.25) is 14.2 Å². The minimum Gasteiger partial charge on any atom is -0.464 e. The van der Waals surface area contributed by atoms with E-state index in [0.717, 1.165) is 64.0 Å². The minimum atomic E-state index is -0.776. The van der Waals surface area contributed by atoms with E-state index in [1.165, 1.54) is 20.3 Å². The van der Waals surface area contributed by atoms with Crippen LogP contribution in [0.2, 0.25) is 0 Å². The maximum absolute atomic E-state index is 17.0. The molecule has 7 heterocycles. The van der Waals surface area contributed by atoms with Gasteiger partial charge in [-0.1, -0.05) is 45.6 Å². The molecule has 0 bridgehead atoms. The van der Waals surface area contributed by atoms with Crippen LogP contribution in [0.5, 0.6) is 5.75 Å². The number of halogens is 1. The summed E-state index contributed by atoms with van der Waals surface area (Å²) in [6.07, 6.45) is 6.64. The van der Waals surface area contributed by atoms with E-state index in [0.29, 0.717) is 65.3 Å². The van der Waals surface area contributed by atoms with Crippen LogP contribution in [0.15, 0.2) is 60.9 Å². The number of aromatic nitrogens is 5. The number of hydrogen-bond acceptors (Lipinski definition) is 10. The Morgan fingerprint density at radius 2 is 1.32 bits per heavy atom. The first kappa shape index (κ1) is 57.5. The Bertz CT molecular complexity index is 3080. The fourth-order valence-electron chi connectivity index (χ4n) is 9.93. The summed E-state index contributed by atoms with van der Waals surface area (Å²) in [5.74, 6) is 7.53. The largest absolute Gasteiger partial charge is 0.464 e. The summed E-state index contributed by atoms with van der Waals surface area (Å²) in [5.41, 5.74) is 4.53. The number of alkyl carbamates (subject to hydrolysis) is 2. The molecule has 5 atom stereocenters. The molecule has 1 saturated carbocycles. The maximum atomic E-state index is 17.0. The number of thiophene rings is 1. The van der Waals surface area contributed by atoms with Crippen LogP contribution in [0.3, 0.4) is 0 Å². The van der Waals surface area contributed by atoms with Crippen molar-refractivity contribution in [1.29, 1.82) is 0 Å². The van der Waals surface area contributed by atoms with Crippen molar-refractivity contribution in [2.75, 3.05) is 27.3 Å². The molecule has 1 aliphatic carbocycles. The standard InChI is InChI=1S/C52H56FN9O7S.4H2S/c1-27(2)44(58-51(65)67-5)48(63)60-19-7-9-38(60)46-54-25-35(56-46)30-14-17-37-32(21-30)23-40-43-34(53)22-31(24-41(43)69-50(62(37)40)42-18-16-33(70-42)15-13-29-11-12-29)36-26-55-47(57-36)39-10-8-20-61(39)49(64)45(28(3)4)59-52(66)68-6;;;;/h14,16-18,21-29,38-39,44-45,50H,7-12,19-20H2,1-6H3,(H,54,56)(H,55,57)(H,58,65)(H,59,66);4*1H2/t38-,39-,44-,45-,50?;;;;/m0..../s1. The molecule has 3 fully saturated rings. The summed E-state index contributed by atoms with van der Waals surface area (Å²) in [6, 6.07) is 13.2. The summed E-state index contributed by atoms with van der Waals surface area (Å²) in [4.78, 5) is 73.7. The SMILES string of the molecule is COC(=O)N[C@H](C(=O)N1CCC[C@H]1c1ncc(-c2cc(F)c3c(c2)OC(c2ccc(C#CC4CC4)s2)n2c-3cc3cc(-c4cnc([C@@H]5CCCN5C(=O)[C@@H](NC(=O)OC)C(C)C)[nH]4)ccc32)[nH]1)C(C)C.S.S.S.S. The second-order valence-corrected chi connectivity index (χ2v) is 20.3. The van der Waals surface area contributed by atoms with Crippen molar-refractivity contribution >= 4 is 100 Å².